The Morgan fingerprint density at radius 3 is 2.50 bits per heavy atom. The molecule has 1 aromatic carbocycles. The first kappa shape index (κ1) is 13.7. The summed E-state index contributed by atoms with van der Waals surface area (Å²) in [5.74, 6) is 0.589. The number of halogens is 4. The molecule has 7 heteroatoms. The van der Waals surface area contributed by atoms with Gasteiger partial charge in [0, 0.05) is 16.7 Å². The second-order valence-corrected chi connectivity index (χ2v) is 5.45. The maximum atomic E-state index is 6.03. The summed E-state index contributed by atoms with van der Waals surface area (Å²) in [6.07, 6.45) is 1.43. The summed E-state index contributed by atoms with van der Waals surface area (Å²) in [5, 5.41) is 1.30. The van der Waals surface area contributed by atoms with Gasteiger partial charge in [0.05, 0.1) is 20.8 Å². The molecule has 0 saturated carbocycles. The molecule has 1 heterocycles. The van der Waals surface area contributed by atoms with Gasteiger partial charge >= 0.3 is 0 Å². The zero-order valence-corrected chi connectivity index (χ0v) is 12.6. The van der Waals surface area contributed by atoms with E-state index in [1.807, 2.05) is 0 Å². The molecule has 0 fully saturated rings. The molecule has 94 valence electrons. The van der Waals surface area contributed by atoms with Crippen molar-refractivity contribution in [2.75, 3.05) is 5.73 Å². The average molecular weight is 368 g/mol. The van der Waals surface area contributed by atoms with Gasteiger partial charge in [0.15, 0.2) is 0 Å². The summed E-state index contributed by atoms with van der Waals surface area (Å²) >= 11 is 21.0. The van der Waals surface area contributed by atoms with Crippen LogP contribution >= 0.6 is 50.7 Å². The summed E-state index contributed by atoms with van der Waals surface area (Å²) in [6, 6.07) is 4.74. The molecule has 0 spiro atoms. The number of hydrogen-bond donors (Lipinski definition) is 1. The fourth-order valence-electron chi connectivity index (χ4n) is 1.21. The Hall–Kier alpha value is -0.680. The van der Waals surface area contributed by atoms with E-state index in [2.05, 4.69) is 20.9 Å². The largest absolute Gasteiger partial charge is 0.435 e. The summed E-state index contributed by atoms with van der Waals surface area (Å²) in [7, 11) is 0. The molecule has 0 saturated heterocycles. The fourth-order valence-corrected chi connectivity index (χ4v) is 2.21. The first-order valence-electron chi connectivity index (χ1n) is 4.71. The van der Waals surface area contributed by atoms with Crippen LogP contribution in [0.1, 0.15) is 0 Å². The number of nitrogens with two attached hydrogens (primary N) is 1. The quantitative estimate of drug-likeness (QED) is 0.743. The lowest BCUT2D eigenvalue weighted by atomic mass is 10.3. The lowest BCUT2D eigenvalue weighted by Crippen LogP contribution is -1.95. The maximum absolute atomic E-state index is 6.03. The molecule has 18 heavy (non-hydrogen) atoms. The smallest absolute Gasteiger partial charge is 0.242 e. The van der Waals surface area contributed by atoms with E-state index in [0.717, 1.165) is 0 Å². The lowest BCUT2D eigenvalue weighted by molar-refractivity contribution is 0.466. The Balaban J connectivity index is 2.37. The second kappa shape index (κ2) is 5.53. The van der Waals surface area contributed by atoms with Crippen LogP contribution in [0.5, 0.6) is 11.6 Å². The van der Waals surface area contributed by atoms with E-state index in [1.165, 1.54) is 12.3 Å². The molecule has 0 aliphatic heterocycles. The van der Waals surface area contributed by atoms with E-state index in [4.69, 9.17) is 45.3 Å². The van der Waals surface area contributed by atoms with Crippen molar-refractivity contribution in [2.24, 2.45) is 0 Å². The zero-order chi connectivity index (χ0) is 13.3. The van der Waals surface area contributed by atoms with Crippen LogP contribution in [0.3, 0.4) is 0 Å². The average Bonchev–Trinajstić information content (AvgIpc) is 2.29. The van der Waals surface area contributed by atoms with Crippen molar-refractivity contribution >= 4 is 56.4 Å². The SMILES string of the molecule is Nc1cc(Cl)cnc1Oc1cc(Cl)c(Br)cc1Cl. The van der Waals surface area contributed by atoms with Crippen molar-refractivity contribution < 1.29 is 4.74 Å². The Labute approximate surface area is 127 Å². The highest BCUT2D eigenvalue weighted by Gasteiger charge is 2.10. The minimum absolute atomic E-state index is 0.222. The number of benzene rings is 1. The topological polar surface area (TPSA) is 48.1 Å². The number of anilines is 1. The van der Waals surface area contributed by atoms with Crippen molar-refractivity contribution in [3.05, 3.63) is 43.9 Å². The maximum Gasteiger partial charge on any atom is 0.242 e. The van der Waals surface area contributed by atoms with Crippen LogP contribution in [-0.4, -0.2) is 4.98 Å². The number of hydrogen-bond acceptors (Lipinski definition) is 3. The van der Waals surface area contributed by atoms with E-state index in [-0.39, 0.29) is 5.88 Å². The first-order valence-corrected chi connectivity index (χ1v) is 6.63. The summed E-state index contributed by atoms with van der Waals surface area (Å²) in [4.78, 5) is 3.97. The summed E-state index contributed by atoms with van der Waals surface area (Å²) in [5.41, 5.74) is 6.05. The molecule has 0 atom stereocenters. The van der Waals surface area contributed by atoms with E-state index < -0.39 is 0 Å². The van der Waals surface area contributed by atoms with E-state index in [0.29, 0.717) is 31.0 Å². The van der Waals surface area contributed by atoms with Crippen LogP contribution < -0.4 is 10.5 Å². The molecule has 0 bridgehead atoms. The van der Waals surface area contributed by atoms with Crippen LogP contribution in [0.15, 0.2) is 28.9 Å². The Kier molecular flexibility index (Phi) is 4.22. The van der Waals surface area contributed by atoms with Gasteiger partial charge < -0.3 is 10.5 Å². The van der Waals surface area contributed by atoms with Gasteiger partial charge in [-0.3, -0.25) is 0 Å². The third kappa shape index (κ3) is 3.01. The lowest BCUT2D eigenvalue weighted by Gasteiger charge is -2.10. The normalized spacial score (nSPS) is 10.4. The van der Waals surface area contributed by atoms with Gasteiger partial charge in [-0.25, -0.2) is 4.98 Å². The number of nitrogen functional groups attached to an aromatic ring is 1. The molecule has 2 N–H and O–H groups in total. The molecule has 1 aromatic heterocycles. The molecular formula is C11H6BrCl3N2O. The number of rotatable bonds is 2. The number of aromatic nitrogens is 1. The highest BCUT2D eigenvalue weighted by Crippen LogP contribution is 2.37. The van der Waals surface area contributed by atoms with Gasteiger partial charge in [-0.2, -0.15) is 0 Å². The minimum Gasteiger partial charge on any atom is -0.435 e. The Morgan fingerprint density at radius 2 is 1.83 bits per heavy atom. The number of nitrogens with zero attached hydrogens (tertiary/aromatic N) is 1. The predicted molar refractivity (Wildman–Crippen MR) is 77.9 cm³/mol. The summed E-state index contributed by atoms with van der Waals surface area (Å²) < 4.78 is 6.18. The monoisotopic (exact) mass is 366 g/mol. The van der Waals surface area contributed by atoms with Gasteiger partial charge in [0.25, 0.3) is 0 Å². The van der Waals surface area contributed by atoms with E-state index >= 15 is 0 Å². The minimum atomic E-state index is 0.222. The fraction of sp³-hybridized carbons (Fsp3) is 0. The zero-order valence-electron chi connectivity index (χ0n) is 8.75. The van der Waals surface area contributed by atoms with Gasteiger partial charge in [-0.05, 0) is 28.1 Å². The Bertz CT molecular complexity index is 607. The van der Waals surface area contributed by atoms with Gasteiger partial charge in [0.2, 0.25) is 5.88 Å². The molecule has 0 aliphatic rings. The van der Waals surface area contributed by atoms with E-state index in [1.54, 1.807) is 12.1 Å². The van der Waals surface area contributed by atoms with E-state index in [9.17, 15) is 0 Å². The second-order valence-electron chi connectivity index (χ2n) is 3.35. The summed E-state index contributed by atoms with van der Waals surface area (Å²) in [6.45, 7) is 0. The molecule has 0 amide bonds. The first-order chi connectivity index (χ1) is 8.47. The molecule has 2 rings (SSSR count). The highest BCUT2D eigenvalue weighted by molar-refractivity contribution is 9.10. The standard InChI is InChI=1S/C11H6BrCl3N2O/c12-6-2-8(15)10(3-7(6)14)18-11-9(16)1-5(13)4-17-11/h1-4H,16H2. The van der Waals surface area contributed by atoms with Crippen LogP contribution in [0.4, 0.5) is 5.69 Å². The highest BCUT2D eigenvalue weighted by atomic mass is 79.9. The van der Waals surface area contributed by atoms with Crippen LogP contribution in [0.2, 0.25) is 15.1 Å². The molecule has 2 aromatic rings. The van der Waals surface area contributed by atoms with Crippen molar-refractivity contribution in [1.82, 2.24) is 4.98 Å². The molecular weight excluding hydrogens is 362 g/mol. The van der Waals surface area contributed by atoms with Crippen LogP contribution in [-0.2, 0) is 0 Å². The van der Waals surface area contributed by atoms with Crippen LogP contribution in [0, 0.1) is 0 Å². The van der Waals surface area contributed by atoms with Crippen molar-refractivity contribution in [3.8, 4) is 11.6 Å². The van der Waals surface area contributed by atoms with Crippen molar-refractivity contribution in [2.45, 2.75) is 0 Å². The van der Waals surface area contributed by atoms with Gasteiger partial charge in [-0.1, -0.05) is 34.8 Å². The third-order valence-corrected chi connectivity index (χ3v) is 3.73. The molecule has 0 aliphatic carbocycles. The number of ether oxygens (including phenoxy) is 1. The van der Waals surface area contributed by atoms with Gasteiger partial charge in [0.1, 0.15) is 5.75 Å². The molecule has 0 unspecified atom stereocenters. The van der Waals surface area contributed by atoms with Crippen LogP contribution in [0.25, 0.3) is 0 Å². The molecule has 0 radical (unpaired) electrons. The number of pyridine rings is 1. The molecule has 3 nitrogen and oxygen atoms in total. The Morgan fingerprint density at radius 1 is 1.11 bits per heavy atom. The predicted octanol–water partition coefficient (Wildman–Crippen LogP) is 5.18. The third-order valence-electron chi connectivity index (χ3n) is 2.03. The van der Waals surface area contributed by atoms with Crippen molar-refractivity contribution in [3.63, 3.8) is 0 Å². The van der Waals surface area contributed by atoms with Crippen molar-refractivity contribution in [1.29, 1.82) is 0 Å². The van der Waals surface area contributed by atoms with Gasteiger partial charge in [-0.15, -0.1) is 0 Å².